The molecule has 0 fully saturated rings. The minimum absolute atomic E-state index is 0.942. The van der Waals surface area contributed by atoms with E-state index in [0.717, 1.165) is 22.4 Å². The van der Waals surface area contributed by atoms with Crippen molar-refractivity contribution in [3.05, 3.63) is 78.0 Å². The van der Waals surface area contributed by atoms with Crippen LogP contribution < -0.4 is 10.4 Å². The minimum atomic E-state index is -1.83. The van der Waals surface area contributed by atoms with Crippen LogP contribution in [0.2, 0.25) is 13.1 Å². The second-order valence-corrected chi connectivity index (χ2v) is 13.3. The van der Waals surface area contributed by atoms with Gasteiger partial charge in [0.1, 0.15) is 19.2 Å². The van der Waals surface area contributed by atoms with Gasteiger partial charge >= 0.3 is 0 Å². The van der Waals surface area contributed by atoms with Gasteiger partial charge < -0.3 is 4.42 Å². The summed E-state index contributed by atoms with van der Waals surface area (Å²) >= 11 is 0. The molecule has 0 saturated carbocycles. The molecule has 0 spiro atoms. The van der Waals surface area contributed by atoms with Gasteiger partial charge in [0, 0.05) is 22.5 Å². The summed E-state index contributed by atoms with van der Waals surface area (Å²) in [6, 6.07) is 22.0. The number of para-hydroxylation sites is 1. The van der Waals surface area contributed by atoms with E-state index in [1.165, 1.54) is 43.4 Å². The maximum Gasteiger partial charge on any atom is 0.144 e. The molecule has 3 heterocycles. The van der Waals surface area contributed by atoms with Gasteiger partial charge in [0.25, 0.3) is 0 Å². The van der Waals surface area contributed by atoms with E-state index >= 15 is 0 Å². The molecule has 0 aliphatic carbocycles. The molecule has 0 saturated heterocycles. The van der Waals surface area contributed by atoms with Crippen LogP contribution in [-0.4, -0.2) is 13.1 Å². The molecule has 0 N–H and O–H groups in total. The number of pyridine rings is 1. The lowest BCUT2D eigenvalue weighted by Crippen LogP contribution is -2.49. The van der Waals surface area contributed by atoms with Crippen LogP contribution >= 0.6 is 0 Å². The first-order valence-electron chi connectivity index (χ1n) is 10.5. The number of benzene rings is 3. The van der Waals surface area contributed by atoms with E-state index in [0.29, 0.717) is 0 Å². The molecule has 0 atom stereocenters. The van der Waals surface area contributed by atoms with Crippen molar-refractivity contribution in [3.63, 3.8) is 0 Å². The number of furan rings is 1. The number of rotatable bonds is 1. The van der Waals surface area contributed by atoms with Crippen LogP contribution in [-0.2, 0) is 0 Å². The molecule has 0 bridgehead atoms. The summed E-state index contributed by atoms with van der Waals surface area (Å²) in [6.07, 6.45) is 1.95. The summed E-state index contributed by atoms with van der Waals surface area (Å²) in [4.78, 5) is 4.71. The highest BCUT2D eigenvalue weighted by atomic mass is 28.3. The molecule has 3 aromatic carbocycles. The summed E-state index contributed by atoms with van der Waals surface area (Å²) in [6.45, 7) is 9.12. The quantitative estimate of drug-likeness (QED) is 0.316. The smallest absolute Gasteiger partial charge is 0.144 e. The molecule has 30 heavy (non-hydrogen) atoms. The van der Waals surface area contributed by atoms with E-state index in [4.69, 9.17) is 9.40 Å². The van der Waals surface area contributed by atoms with Gasteiger partial charge in [-0.15, -0.1) is 0 Å². The van der Waals surface area contributed by atoms with E-state index in [1.807, 2.05) is 6.20 Å². The van der Waals surface area contributed by atoms with E-state index < -0.39 is 8.07 Å². The predicted octanol–water partition coefficient (Wildman–Crippen LogP) is 6.07. The molecule has 3 heteroatoms. The number of hydrogen-bond acceptors (Lipinski definition) is 2. The maximum absolute atomic E-state index is 6.71. The topological polar surface area (TPSA) is 26.0 Å². The Bertz CT molecular complexity index is 1490. The van der Waals surface area contributed by atoms with E-state index in [2.05, 4.69) is 87.6 Å². The van der Waals surface area contributed by atoms with E-state index in [-0.39, 0.29) is 0 Å². The van der Waals surface area contributed by atoms with Crippen LogP contribution in [0.5, 0.6) is 0 Å². The predicted molar refractivity (Wildman–Crippen MR) is 129 cm³/mol. The molecule has 0 unspecified atom stereocenters. The van der Waals surface area contributed by atoms with Gasteiger partial charge in [-0.25, -0.2) is 0 Å². The van der Waals surface area contributed by atoms with Gasteiger partial charge in [-0.1, -0.05) is 55.6 Å². The van der Waals surface area contributed by atoms with Crippen molar-refractivity contribution in [2.24, 2.45) is 0 Å². The normalized spacial score (nSPS) is 14.3. The Balaban J connectivity index is 1.69. The minimum Gasteiger partial charge on any atom is -0.455 e. The molecule has 1 aliphatic heterocycles. The van der Waals surface area contributed by atoms with E-state index in [9.17, 15) is 0 Å². The molecule has 2 nitrogen and oxygen atoms in total. The number of fused-ring (bicyclic) bond motifs is 7. The number of aryl methyl sites for hydroxylation is 2. The third kappa shape index (κ3) is 2.21. The van der Waals surface area contributed by atoms with Crippen molar-refractivity contribution in [2.75, 3.05) is 0 Å². The maximum atomic E-state index is 6.71. The lowest BCUT2D eigenvalue weighted by atomic mass is 10.0. The first-order chi connectivity index (χ1) is 14.5. The zero-order chi connectivity index (χ0) is 20.6. The van der Waals surface area contributed by atoms with Gasteiger partial charge in [0.05, 0.1) is 5.69 Å². The average molecular weight is 406 g/mol. The van der Waals surface area contributed by atoms with Crippen molar-refractivity contribution in [3.8, 4) is 22.4 Å². The second kappa shape index (κ2) is 5.93. The van der Waals surface area contributed by atoms with Crippen LogP contribution in [0.25, 0.3) is 44.3 Å². The van der Waals surface area contributed by atoms with Crippen molar-refractivity contribution in [1.82, 2.24) is 4.98 Å². The van der Waals surface area contributed by atoms with Crippen LogP contribution in [0.1, 0.15) is 11.1 Å². The lowest BCUT2D eigenvalue weighted by Gasteiger charge is -2.18. The molecule has 0 radical (unpaired) electrons. The monoisotopic (exact) mass is 405 g/mol. The molecular formula is C27H23NOSi. The van der Waals surface area contributed by atoms with Crippen molar-refractivity contribution >= 4 is 40.4 Å². The lowest BCUT2D eigenvalue weighted by molar-refractivity contribution is 0.672. The standard InChI is InChI=1S/C27H23NOSi/c1-16-14-23(28-15-17(16)2)22-10-7-9-19-20-12-13-21-18-8-5-6-11-24(18)30(3,4)27(21)26(20)29-25(19)22/h5-15H,1-4H3. The van der Waals surface area contributed by atoms with Gasteiger partial charge in [0.2, 0.25) is 0 Å². The Morgan fingerprint density at radius 3 is 2.33 bits per heavy atom. The largest absolute Gasteiger partial charge is 0.455 e. The first kappa shape index (κ1) is 17.7. The number of nitrogens with zero attached hydrogens (tertiary/aromatic N) is 1. The van der Waals surface area contributed by atoms with Crippen molar-refractivity contribution in [1.29, 1.82) is 0 Å². The molecular weight excluding hydrogens is 382 g/mol. The molecule has 5 aromatic rings. The van der Waals surface area contributed by atoms with Crippen LogP contribution in [0, 0.1) is 13.8 Å². The molecule has 0 amide bonds. The highest BCUT2D eigenvalue weighted by Crippen LogP contribution is 2.39. The Labute approximate surface area is 177 Å². The zero-order valence-corrected chi connectivity index (χ0v) is 18.7. The number of aromatic nitrogens is 1. The molecule has 6 rings (SSSR count). The molecule has 146 valence electrons. The van der Waals surface area contributed by atoms with Gasteiger partial charge in [0.15, 0.2) is 0 Å². The molecule has 2 aromatic heterocycles. The highest BCUT2D eigenvalue weighted by Gasteiger charge is 2.40. The van der Waals surface area contributed by atoms with Crippen molar-refractivity contribution in [2.45, 2.75) is 26.9 Å². The summed E-state index contributed by atoms with van der Waals surface area (Å²) in [5.74, 6) is 0. The van der Waals surface area contributed by atoms with Crippen LogP contribution in [0.3, 0.4) is 0 Å². The third-order valence-corrected chi connectivity index (χ3v) is 10.4. The Morgan fingerprint density at radius 2 is 1.50 bits per heavy atom. The van der Waals surface area contributed by atoms with Crippen molar-refractivity contribution < 1.29 is 4.42 Å². The van der Waals surface area contributed by atoms with Crippen LogP contribution in [0.4, 0.5) is 0 Å². The zero-order valence-electron chi connectivity index (χ0n) is 17.7. The SMILES string of the molecule is Cc1cnc(-c2cccc3c2oc2c4c(ccc23)-c2ccccc2[Si]4(C)C)cc1C. The van der Waals surface area contributed by atoms with Crippen LogP contribution in [0.15, 0.2) is 71.3 Å². The summed E-state index contributed by atoms with van der Waals surface area (Å²) in [5, 5.41) is 5.31. The molecule has 1 aliphatic rings. The Hall–Kier alpha value is -3.17. The Kier molecular flexibility index (Phi) is 3.49. The first-order valence-corrected chi connectivity index (χ1v) is 13.5. The van der Waals surface area contributed by atoms with E-state index in [1.54, 1.807) is 0 Å². The highest BCUT2D eigenvalue weighted by molar-refractivity contribution is 7.05. The second-order valence-electron chi connectivity index (χ2n) is 8.97. The number of hydrogen-bond donors (Lipinski definition) is 0. The van der Waals surface area contributed by atoms with Gasteiger partial charge in [-0.3, -0.25) is 4.98 Å². The summed E-state index contributed by atoms with van der Waals surface area (Å²) in [7, 11) is -1.83. The third-order valence-electron chi connectivity index (χ3n) is 6.83. The fourth-order valence-electron chi connectivity index (χ4n) is 5.08. The average Bonchev–Trinajstić information content (AvgIpc) is 3.23. The fraction of sp³-hybridized carbons (Fsp3) is 0.148. The van der Waals surface area contributed by atoms with Gasteiger partial charge in [-0.05, 0) is 64.7 Å². The van der Waals surface area contributed by atoms with Gasteiger partial charge in [-0.2, -0.15) is 0 Å². The fourth-order valence-corrected chi connectivity index (χ4v) is 8.40. The summed E-state index contributed by atoms with van der Waals surface area (Å²) in [5.41, 5.74) is 9.22. The Morgan fingerprint density at radius 1 is 0.733 bits per heavy atom. The summed E-state index contributed by atoms with van der Waals surface area (Å²) < 4.78 is 6.71.